The maximum atomic E-state index is 14.3. The second-order valence-corrected chi connectivity index (χ2v) is 9.00. The van der Waals surface area contributed by atoms with E-state index in [9.17, 15) is 9.18 Å². The van der Waals surface area contributed by atoms with Gasteiger partial charge in [-0.2, -0.15) is 0 Å². The average Bonchev–Trinajstić information content (AvgIpc) is 3.17. The van der Waals surface area contributed by atoms with Gasteiger partial charge < -0.3 is 29.6 Å². The summed E-state index contributed by atoms with van der Waals surface area (Å²) in [4.78, 5) is 17.1. The Morgan fingerprint density at radius 3 is 2.46 bits per heavy atom. The van der Waals surface area contributed by atoms with Crippen LogP contribution in [0.3, 0.4) is 0 Å². The maximum absolute atomic E-state index is 14.3. The van der Waals surface area contributed by atoms with Gasteiger partial charge in [0.2, 0.25) is 11.7 Å². The molecule has 1 aliphatic carbocycles. The monoisotopic (exact) mass is 532 g/mol. The predicted molar refractivity (Wildman–Crippen MR) is 148 cm³/mol. The van der Waals surface area contributed by atoms with Crippen molar-refractivity contribution in [3.8, 4) is 17.2 Å². The number of hydrogen-bond acceptors (Lipinski definition) is 7. The topological polar surface area (TPSA) is 110 Å². The molecule has 0 unspecified atom stereocenters. The van der Waals surface area contributed by atoms with Crippen LogP contribution < -0.4 is 19.5 Å². The number of fused-ring (bicyclic) bond motifs is 1. The summed E-state index contributed by atoms with van der Waals surface area (Å²) in [7, 11) is 1.51. The van der Waals surface area contributed by atoms with E-state index in [0.717, 1.165) is 33.5 Å². The van der Waals surface area contributed by atoms with E-state index >= 15 is 0 Å². The number of nitrogens with one attached hydrogen (secondary N) is 1. The molecular formula is C29H30BFN2O6. The van der Waals surface area contributed by atoms with E-state index in [2.05, 4.69) is 10.3 Å². The first kappa shape index (κ1) is 27.9. The van der Waals surface area contributed by atoms with Gasteiger partial charge in [-0.05, 0) is 82.8 Å². The molecule has 0 saturated carbocycles. The van der Waals surface area contributed by atoms with E-state index in [-0.39, 0.29) is 31.1 Å². The van der Waals surface area contributed by atoms with E-state index in [1.165, 1.54) is 26.4 Å². The van der Waals surface area contributed by atoms with Gasteiger partial charge in [0.25, 0.3) is 0 Å². The van der Waals surface area contributed by atoms with Crippen molar-refractivity contribution < 1.29 is 33.4 Å². The number of benzene rings is 2. The molecule has 39 heavy (non-hydrogen) atoms. The molecular weight excluding hydrogens is 502 g/mol. The Balaban J connectivity index is 1.65. The van der Waals surface area contributed by atoms with E-state index < -0.39 is 7.12 Å². The second-order valence-electron chi connectivity index (χ2n) is 9.00. The minimum Gasteiger partial charge on any atom is -0.493 e. The Morgan fingerprint density at radius 2 is 1.82 bits per heavy atom. The lowest BCUT2D eigenvalue weighted by molar-refractivity contribution is -0.120. The molecule has 0 saturated heterocycles. The zero-order valence-electron chi connectivity index (χ0n) is 22.0. The van der Waals surface area contributed by atoms with Gasteiger partial charge in [0.15, 0.2) is 11.5 Å². The predicted octanol–water partition coefficient (Wildman–Crippen LogP) is 4.12. The van der Waals surface area contributed by atoms with Crippen LogP contribution in [0.2, 0.25) is 6.32 Å². The van der Waals surface area contributed by atoms with Gasteiger partial charge in [-0.15, -0.1) is 0 Å². The number of carbonyl (C=O) groups is 1. The minimum atomic E-state index is -1.49. The van der Waals surface area contributed by atoms with Crippen LogP contribution in [-0.2, 0) is 11.3 Å². The second kappa shape index (κ2) is 12.6. The van der Waals surface area contributed by atoms with Crippen molar-refractivity contribution in [2.75, 3.05) is 20.8 Å². The smallest absolute Gasteiger partial charge is 0.454 e. The fourth-order valence-electron chi connectivity index (χ4n) is 4.46. The number of pyridine rings is 1. The third-order valence-corrected chi connectivity index (χ3v) is 6.40. The van der Waals surface area contributed by atoms with Crippen molar-refractivity contribution in [3.63, 3.8) is 0 Å². The highest BCUT2D eigenvalue weighted by molar-refractivity contribution is 6.41. The average molecular weight is 532 g/mol. The van der Waals surface area contributed by atoms with Crippen molar-refractivity contribution in [3.05, 3.63) is 88.5 Å². The van der Waals surface area contributed by atoms with Gasteiger partial charge >= 0.3 is 7.12 Å². The molecule has 1 aliphatic rings. The standard InChI is InChI=1S/C29H30BFN2O6/c1-18-23(12-19-13-26(37-2)29(27(14-19)38-3)39-11-9-30(35)36)22-8-7-20(31)15-25(22)24(18)16-28(34)33-17-21-6-4-5-10-32-21/h4-8,10,12-15,35-36H,9,11,16-17H2,1-3H3,(H,33,34). The molecule has 2 aromatic carbocycles. The molecule has 0 radical (unpaired) electrons. The van der Waals surface area contributed by atoms with Crippen molar-refractivity contribution >= 4 is 30.2 Å². The lowest BCUT2D eigenvalue weighted by Gasteiger charge is -2.16. The summed E-state index contributed by atoms with van der Waals surface area (Å²) < 4.78 is 31.0. The largest absolute Gasteiger partial charge is 0.493 e. The van der Waals surface area contributed by atoms with Crippen LogP contribution in [0.5, 0.6) is 17.2 Å². The maximum Gasteiger partial charge on any atom is 0.454 e. The number of nitrogens with zero attached hydrogens (tertiary/aromatic N) is 1. The summed E-state index contributed by atoms with van der Waals surface area (Å²) in [5, 5.41) is 21.1. The first-order valence-electron chi connectivity index (χ1n) is 12.4. The highest BCUT2D eigenvalue weighted by Crippen LogP contribution is 2.45. The van der Waals surface area contributed by atoms with Crippen LogP contribution in [0.4, 0.5) is 4.39 Å². The normalized spacial score (nSPS) is 13.3. The van der Waals surface area contributed by atoms with Gasteiger partial charge in [-0.25, -0.2) is 4.39 Å². The molecule has 0 spiro atoms. The number of carbonyl (C=O) groups excluding carboxylic acids is 1. The zero-order chi connectivity index (χ0) is 27.9. The van der Waals surface area contributed by atoms with Crippen molar-refractivity contribution in [2.45, 2.75) is 26.2 Å². The number of amides is 1. The fourth-order valence-corrected chi connectivity index (χ4v) is 4.46. The summed E-state index contributed by atoms with van der Waals surface area (Å²) >= 11 is 0. The molecule has 0 aliphatic heterocycles. The molecule has 1 amide bonds. The highest BCUT2D eigenvalue weighted by atomic mass is 19.1. The molecule has 4 rings (SSSR count). The Kier molecular flexibility index (Phi) is 9.01. The Labute approximate surface area is 226 Å². The summed E-state index contributed by atoms with van der Waals surface area (Å²) in [6.07, 6.45) is 3.71. The molecule has 0 fully saturated rings. The Bertz CT molecular complexity index is 1380. The quantitative estimate of drug-likeness (QED) is 0.319. The fraction of sp³-hybridized carbons (Fsp3) is 0.241. The summed E-state index contributed by atoms with van der Waals surface area (Å²) in [6, 6.07) is 13.6. The first-order valence-corrected chi connectivity index (χ1v) is 12.4. The molecule has 3 aromatic rings. The molecule has 1 heterocycles. The third kappa shape index (κ3) is 6.65. The molecule has 8 nitrogen and oxygen atoms in total. The number of aromatic nitrogens is 1. The molecule has 3 N–H and O–H groups in total. The number of hydrogen-bond donors (Lipinski definition) is 3. The van der Waals surface area contributed by atoms with Gasteiger partial charge in [0, 0.05) is 12.5 Å². The zero-order valence-corrected chi connectivity index (χ0v) is 22.0. The number of ether oxygens (including phenoxy) is 3. The van der Waals surface area contributed by atoms with Crippen LogP contribution in [0.1, 0.15) is 35.7 Å². The van der Waals surface area contributed by atoms with Crippen molar-refractivity contribution in [1.29, 1.82) is 0 Å². The highest BCUT2D eigenvalue weighted by Gasteiger charge is 2.26. The molecule has 10 heteroatoms. The Morgan fingerprint density at radius 1 is 1.08 bits per heavy atom. The number of methoxy groups -OCH3 is 2. The van der Waals surface area contributed by atoms with E-state index in [1.807, 2.05) is 31.2 Å². The van der Waals surface area contributed by atoms with Crippen LogP contribution in [-0.4, -0.2) is 48.9 Å². The van der Waals surface area contributed by atoms with Crippen molar-refractivity contribution in [1.82, 2.24) is 10.3 Å². The van der Waals surface area contributed by atoms with Gasteiger partial charge in [0.1, 0.15) is 5.82 Å². The van der Waals surface area contributed by atoms with Crippen LogP contribution >= 0.6 is 0 Å². The first-order chi connectivity index (χ1) is 18.8. The van der Waals surface area contributed by atoms with Crippen LogP contribution in [0.25, 0.3) is 17.2 Å². The van der Waals surface area contributed by atoms with E-state index in [4.69, 9.17) is 24.3 Å². The SMILES string of the molecule is COc1cc(C=C2C(C)=C(CC(=O)NCc3ccccn3)c3cc(F)ccc32)cc(OC)c1OCCB(O)O. The number of allylic oxidation sites excluding steroid dienone is 2. The van der Waals surface area contributed by atoms with Gasteiger partial charge in [-0.1, -0.05) is 12.1 Å². The lowest BCUT2D eigenvalue weighted by Crippen LogP contribution is -2.23. The number of rotatable bonds is 11. The third-order valence-electron chi connectivity index (χ3n) is 6.40. The van der Waals surface area contributed by atoms with Crippen LogP contribution in [0.15, 0.2) is 60.3 Å². The van der Waals surface area contributed by atoms with Crippen molar-refractivity contribution in [2.24, 2.45) is 0 Å². The van der Waals surface area contributed by atoms with E-state index in [1.54, 1.807) is 24.4 Å². The molecule has 0 bridgehead atoms. The Hall–Kier alpha value is -4.15. The van der Waals surface area contributed by atoms with E-state index in [0.29, 0.717) is 29.4 Å². The molecule has 202 valence electrons. The van der Waals surface area contributed by atoms with Crippen LogP contribution in [0, 0.1) is 5.82 Å². The summed E-state index contributed by atoms with van der Waals surface area (Å²) in [5.74, 6) is 0.578. The summed E-state index contributed by atoms with van der Waals surface area (Å²) in [5.41, 5.74) is 5.43. The van der Waals surface area contributed by atoms with Gasteiger partial charge in [0.05, 0.1) is 39.5 Å². The lowest BCUT2D eigenvalue weighted by atomic mass is 9.87. The summed E-state index contributed by atoms with van der Waals surface area (Å²) in [6.45, 7) is 2.27. The number of halogens is 1. The minimum absolute atomic E-state index is 0.0215. The molecule has 1 aromatic heterocycles. The molecule has 0 atom stereocenters. The van der Waals surface area contributed by atoms with Gasteiger partial charge in [-0.3, -0.25) is 9.78 Å².